The maximum Gasteiger partial charge on any atom is 0.188 e. The zero-order valence-electron chi connectivity index (χ0n) is 15.0. The SMILES string of the molecule is NC(=NCC1(c2cccc(Cl)c2)CCOCC1)NC1CCCCCC1. The van der Waals surface area contributed by atoms with Crippen molar-refractivity contribution < 1.29 is 4.74 Å². The van der Waals surface area contributed by atoms with Crippen LogP contribution >= 0.6 is 11.6 Å². The number of benzene rings is 1. The summed E-state index contributed by atoms with van der Waals surface area (Å²) in [5.74, 6) is 0.583. The van der Waals surface area contributed by atoms with Gasteiger partial charge in [0.05, 0.1) is 6.54 Å². The average Bonchev–Trinajstić information content (AvgIpc) is 2.89. The Labute approximate surface area is 156 Å². The van der Waals surface area contributed by atoms with E-state index in [0.717, 1.165) is 31.1 Å². The van der Waals surface area contributed by atoms with Gasteiger partial charge in [0.1, 0.15) is 0 Å². The molecule has 1 heterocycles. The van der Waals surface area contributed by atoms with Crippen molar-refractivity contribution in [1.82, 2.24) is 5.32 Å². The molecule has 2 fully saturated rings. The number of hydrogen-bond acceptors (Lipinski definition) is 2. The van der Waals surface area contributed by atoms with E-state index in [1.165, 1.54) is 44.1 Å². The summed E-state index contributed by atoms with van der Waals surface area (Å²) < 4.78 is 5.59. The fourth-order valence-electron chi connectivity index (χ4n) is 4.03. The van der Waals surface area contributed by atoms with E-state index >= 15 is 0 Å². The number of nitrogens with one attached hydrogen (secondary N) is 1. The van der Waals surface area contributed by atoms with Crippen molar-refractivity contribution in [1.29, 1.82) is 0 Å². The first kappa shape index (κ1) is 18.5. The minimum atomic E-state index is -0.0289. The minimum absolute atomic E-state index is 0.0289. The highest BCUT2D eigenvalue weighted by atomic mass is 35.5. The predicted octanol–water partition coefficient (Wildman–Crippen LogP) is 4.02. The number of rotatable bonds is 4. The molecule has 1 aromatic carbocycles. The van der Waals surface area contributed by atoms with Gasteiger partial charge in [0.15, 0.2) is 5.96 Å². The second-order valence-electron chi connectivity index (χ2n) is 7.44. The zero-order chi connectivity index (χ0) is 17.5. The topological polar surface area (TPSA) is 59.6 Å². The molecular formula is C20H30ClN3O. The largest absolute Gasteiger partial charge is 0.381 e. The Kier molecular flexibility index (Phi) is 6.60. The molecule has 4 nitrogen and oxygen atoms in total. The molecule has 0 aromatic heterocycles. The fourth-order valence-corrected chi connectivity index (χ4v) is 4.22. The molecule has 0 radical (unpaired) electrons. The van der Waals surface area contributed by atoms with Crippen LogP contribution in [0.25, 0.3) is 0 Å². The molecule has 0 amide bonds. The van der Waals surface area contributed by atoms with Gasteiger partial charge in [0.25, 0.3) is 0 Å². The Morgan fingerprint density at radius 1 is 1.20 bits per heavy atom. The maximum atomic E-state index is 6.23. The molecule has 0 atom stereocenters. The Balaban J connectivity index is 1.69. The average molecular weight is 364 g/mol. The lowest BCUT2D eigenvalue weighted by atomic mass is 9.74. The van der Waals surface area contributed by atoms with Crippen LogP contribution in [0.5, 0.6) is 0 Å². The summed E-state index contributed by atoms with van der Waals surface area (Å²) in [6, 6.07) is 8.64. The number of guanidine groups is 1. The third-order valence-electron chi connectivity index (χ3n) is 5.65. The van der Waals surface area contributed by atoms with Gasteiger partial charge in [-0.15, -0.1) is 0 Å². The van der Waals surface area contributed by atoms with Crippen LogP contribution in [-0.4, -0.2) is 31.8 Å². The summed E-state index contributed by atoms with van der Waals surface area (Å²) in [7, 11) is 0. The molecule has 0 unspecified atom stereocenters. The summed E-state index contributed by atoms with van der Waals surface area (Å²) in [6.45, 7) is 2.21. The van der Waals surface area contributed by atoms with Gasteiger partial charge < -0.3 is 15.8 Å². The van der Waals surface area contributed by atoms with Gasteiger partial charge in [-0.3, -0.25) is 4.99 Å². The molecule has 1 aliphatic carbocycles. The number of hydrogen-bond donors (Lipinski definition) is 2. The van der Waals surface area contributed by atoms with Crippen LogP contribution in [0.15, 0.2) is 29.3 Å². The van der Waals surface area contributed by atoms with Gasteiger partial charge in [-0.2, -0.15) is 0 Å². The van der Waals surface area contributed by atoms with Crippen LogP contribution in [0.3, 0.4) is 0 Å². The summed E-state index contributed by atoms with van der Waals surface area (Å²) in [5.41, 5.74) is 7.44. The molecule has 25 heavy (non-hydrogen) atoms. The standard InChI is InChI=1S/C20H30ClN3O/c21-17-7-5-6-16(14-17)20(10-12-25-13-11-20)15-23-19(22)24-18-8-3-1-2-4-9-18/h5-7,14,18H,1-4,8-13,15H2,(H3,22,23,24). The molecule has 0 bridgehead atoms. The van der Waals surface area contributed by atoms with E-state index < -0.39 is 0 Å². The van der Waals surface area contributed by atoms with Crippen LogP contribution in [0.4, 0.5) is 0 Å². The first-order chi connectivity index (χ1) is 12.2. The summed E-state index contributed by atoms with van der Waals surface area (Å²) in [6.07, 6.45) is 9.55. The molecule has 138 valence electrons. The second-order valence-corrected chi connectivity index (χ2v) is 7.87. The number of halogens is 1. The summed E-state index contributed by atoms with van der Waals surface area (Å²) in [5, 5.41) is 4.22. The Morgan fingerprint density at radius 2 is 1.92 bits per heavy atom. The van der Waals surface area contributed by atoms with Gasteiger partial charge in [-0.1, -0.05) is 49.4 Å². The van der Waals surface area contributed by atoms with E-state index in [4.69, 9.17) is 27.1 Å². The molecule has 1 aliphatic heterocycles. The highest BCUT2D eigenvalue weighted by Crippen LogP contribution is 2.36. The molecule has 1 saturated carbocycles. The molecule has 0 spiro atoms. The molecule has 2 aliphatic rings. The van der Waals surface area contributed by atoms with E-state index in [2.05, 4.69) is 17.4 Å². The third kappa shape index (κ3) is 5.11. The normalized spacial score (nSPS) is 22.4. The fraction of sp³-hybridized carbons (Fsp3) is 0.650. The molecular weight excluding hydrogens is 334 g/mol. The van der Waals surface area contributed by atoms with Crippen molar-refractivity contribution in [2.24, 2.45) is 10.7 Å². The predicted molar refractivity (Wildman–Crippen MR) is 104 cm³/mol. The molecule has 3 N–H and O–H groups in total. The van der Waals surface area contributed by atoms with Gasteiger partial charge in [-0.05, 0) is 43.4 Å². The smallest absolute Gasteiger partial charge is 0.188 e. The van der Waals surface area contributed by atoms with Crippen LogP contribution < -0.4 is 11.1 Å². The first-order valence-electron chi connectivity index (χ1n) is 9.58. The maximum absolute atomic E-state index is 6.23. The van der Waals surface area contributed by atoms with Crippen molar-refractivity contribution in [2.75, 3.05) is 19.8 Å². The Morgan fingerprint density at radius 3 is 2.60 bits per heavy atom. The Bertz CT molecular complexity index is 576. The van der Waals surface area contributed by atoms with Crippen LogP contribution in [-0.2, 0) is 10.2 Å². The summed E-state index contributed by atoms with van der Waals surface area (Å²) >= 11 is 6.23. The van der Waals surface area contributed by atoms with Crippen molar-refractivity contribution in [3.8, 4) is 0 Å². The van der Waals surface area contributed by atoms with Crippen LogP contribution in [0.2, 0.25) is 5.02 Å². The molecule has 1 aromatic rings. The number of nitrogens with zero attached hydrogens (tertiary/aromatic N) is 1. The number of ether oxygens (including phenoxy) is 1. The van der Waals surface area contributed by atoms with E-state index in [0.29, 0.717) is 18.5 Å². The van der Waals surface area contributed by atoms with E-state index in [-0.39, 0.29) is 5.41 Å². The molecule has 5 heteroatoms. The lowest BCUT2D eigenvalue weighted by Crippen LogP contribution is -2.42. The third-order valence-corrected chi connectivity index (χ3v) is 5.88. The lowest BCUT2D eigenvalue weighted by Gasteiger charge is -2.36. The van der Waals surface area contributed by atoms with Gasteiger partial charge in [0, 0.05) is 29.7 Å². The Hall–Kier alpha value is -1.26. The van der Waals surface area contributed by atoms with Crippen molar-refractivity contribution in [3.63, 3.8) is 0 Å². The molecule has 1 saturated heterocycles. The monoisotopic (exact) mass is 363 g/mol. The van der Waals surface area contributed by atoms with Gasteiger partial charge >= 0.3 is 0 Å². The summed E-state index contributed by atoms with van der Waals surface area (Å²) in [4.78, 5) is 4.74. The minimum Gasteiger partial charge on any atom is -0.381 e. The van der Waals surface area contributed by atoms with Gasteiger partial charge in [-0.25, -0.2) is 0 Å². The lowest BCUT2D eigenvalue weighted by molar-refractivity contribution is 0.0531. The molecule has 3 rings (SSSR count). The first-order valence-corrected chi connectivity index (χ1v) is 9.96. The van der Waals surface area contributed by atoms with Gasteiger partial charge in [0.2, 0.25) is 0 Å². The van der Waals surface area contributed by atoms with Crippen LogP contribution in [0, 0.1) is 0 Å². The zero-order valence-corrected chi connectivity index (χ0v) is 15.7. The number of nitrogens with two attached hydrogens (primary N) is 1. The van der Waals surface area contributed by atoms with Crippen molar-refractivity contribution >= 4 is 17.6 Å². The van der Waals surface area contributed by atoms with E-state index in [1.54, 1.807) is 0 Å². The van der Waals surface area contributed by atoms with E-state index in [1.807, 2.05) is 12.1 Å². The van der Waals surface area contributed by atoms with Crippen molar-refractivity contribution in [2.45, 2.75) is 62.8 Å². The quantitative estimate of drug-likeness (QED) is 0.482. The highest BCUT2D eigenvalue weighted by Gasteiger charge is 2.34. The van der Waals surface area contributed by atoms with Crippen LogP contribution in [0.1, 0.15) is 56.9 Å². The number of aliphatic imine (C=N–C) groups is 1. The second kappa shape index (κ2) is 8.91. The van der Waals surface area contributed by atoms with E-state index in [9.17, 15) is 0 Å². The van der Waals surface area contributed by atoms with Crippen molar-refractivity contribution in [3.05, 3.63) is 34.9 Å². The highest BCUT2D eigenvalue weighted by molar-refractivity contribution is 6.30.